The van der Waals surface area contributed by atoms with Gasteiger partial charge in [0.2, 0.25) is 0 Å². The number of rotatable bonds is 4. The molecule has 6 heteroatoms. The molecule has 1 fully saturated rings. The maximum absolute atomic E-state index is 12.1. The fourth-order valence-electron chi connectivity index (χ4n) is 2.31. The summed E-state index contributed by atoms with van der Waals surface area (Å²) in [6.45, 7) is 5.09. The number of hydrogen-bond acceptors (Lipinski definition) is 3. The lowest BCUT2D eigenvalue weighted by atomic mass is 10.1. The van der Waals surface area contributed by atoms with Crippen molar-refractivity contribution in [2.45, 2.75) is 26.4 Å². The molecule has 0 saturated carbocycles. The molecule has 0 spiro atoms. The fraction of sp³-hybridized carbons (Fsp3) is 0.400. The normalized spacial score (nSPS) is 15.8. The van der Waals surface area contributed by atoms with Crippen molar-refractivity contribution < 1.29 is 19.5 Å². The summed E-state index contributed by atoms with van der Waals surface area (Å²) >= 11 is 0. The highest BCUT2D eigenvalue weighted by molar-refractivity contribution is 6.35. The minimum Gasteiger partial charge on any atom is -0.478 e. The van der Waals surface area contributed by atoms with E-state index in [1.807, 2.05) is 13.8 Å². The molecule has 1 aromatic rings. The van der Waals surface area contributed by atoms with Crippen LogP contribution in [0.3, 0.4) is 0 Å². The zero-order chi connectivity index (χ0) is 15.6. The summed E-state index contributed by atoms with van der Waals surface area (Å²) < 4.78 is 0. The van der Waals surface area contributed by atoms with Crippen molar-refractivity contribution in [2.24, 2.45) is 0 Å². The van der Waals surface area contributed by atoms with Gasteiger partial charge in [-0.15, -0.1) is 0 Å². The van der Waals surface area contributed by atoms with Crippen LogP contribution in [0.2, 0.25) is 0 Å². The molecule has 1 aliphatic rings. The smallest absolute Gasteiger partial charge is 0.335 e. The van der Waals surface area contributed by atoms with Crippen molar-refractivity contribution in [1.82, 2.24) is 9.80 Å². The molecule has 1 heterocycles. The van der Waals surface area contributed by atoms with Crippen LogP contribution in [-0.2, 0) is 16.1 Å². The van der Waals surface area contributed by atoms with E-state index in [0.29, 0.717) is 19.6 Å². The van der Waals surface area contributed by atoms with E-state index in [-0.39, 0.29) is 11.6 Å². The Morgan fingerprint density at radius 3 is 2.29 bits per heavy atom. The Morgan fingerprint density at radius 2 is 1.76 bits per heavy atom. The van der Waals surface area contributed by atoms with E-state index < -0.39 is 17.8 Å². The average molecular weight is 290 g/mol. The SMILES string of the molecule is CC(C)N1CCN(Cc2ccc(C(=O)O)cc2)C(=O)C1=O. The number of carbonyl (C=O) groups excluding carboxylic acids is 2. The first-order valence-electron chi connectivity index (χ1n) is 6.82. The molecule has 1 N–H and O–H groups in total. The van der Waals surface area contributed by atoms with Gasteiger partial charge >= 0.3 is 17.8 Å². The van der Waals surface area contributed by atoms with Crippen LogP contribution in [0.25, 0.3) is 0 Å². The van der Waals surface area contributed by atoms with Crippen LogP contribution in [0.1, 0.15) is 29.8 Å². The van der Waals surface area contributed by atoms with Crippen LogP contribution in [0.4, 0.5) is 0 Å². The van der Waals surface area contributed by atoms with Gasteiger partial charge in [-0.25, -0.2) is 4.79 Å². The number of carboxylic acid groups (broad SMARTS) is 1. The van der Waals surface area contributed by atoms with Crippen LogP contribution >= 0.6 is 0 Å². The molecule has 1 aliphatic heterocycles. The van der Waals surface area contributed by atoms with Gasteiger partial charge in [0.25, 0.3) is 0 Å². The molecular formula is C15H18N2O4. The number of carboxylic acids is 1. The van der Waals surface area contributed by atoms with E-state index in [4.69, 9.17) is 5.11 Å². The average Bonchev–Trinajstić information content (AvgIpc) is 2.44. The second-order valence-electron chi connectivity index (χ2n) is 5.32. The van der Waals surface area contributed by atoms with E-state index >= 15 is 0 Å². The van der Waals surface area contributed by atoms with Gasteiger partial charge in [0.05, 0.1) is 5.56 Å². The molecule has 0 aromatic heterocycles. The Kier molecular flexibility index (Phi) is 4.26. The number of benzene rings is 1. The monoisotopic (exact) mass is 290 g/mol. The molecule has 0 aliphatic carbocycles. The topological polar surface area (TPSA) is 77.9 Å². The number of carbonyl (C=O) groups is 3. The highest BCUT2D eigenvalue weighted by atomic mass is 16.4. The van der Waals surface area contributed by atoms with Gasteiger partial charge in [-0.3, -0.25) is 9.59 Å². The zero-order valence-corrected chi connectivity index (χ0v) is 12.1. The molecule has 21 heavy (non-hydrogen) atoms. The van der Waals surface area contributed by atoms with Gasteiger partial charge < -0.3 is 14.9 Å². The van der Waals surface area contributed by atoms with Crippen molar-refractivity contribution in [3.05, 3.63) is 35.4 Å². The summed E-state index contributed by atoms with van der Waals surface area (Å²) in [4.78, 5) is 37.9. The van der Waals surface area contributed by atoms with Gasteiger partial charge in [-0.2, -0.15) is 0 Å². The first kappa shape index (κ1) is 15.0. The lowest BCUT2D eigenvalue weighted by Crippen LogP contribution is -2.55. The maximum Gasteiger partial charge on any atom is 0.335 e. The van der Waals surface area contributed by atoms with Crippen LogP contribution < -0.4 is 0 Å². The summed E-state index contributed by atoms with van der Waals surface area (Å²) in [5, 5.41) is 8.84. The first-order valence-corrected chi connectivity index (χ1v) is 6.82. The Morgan fingerprint density at radius 1 is 1.14 bits per heavy atom. The van der Waals surface area contributed by atoms with Crippen LogP contribution in [0.5, 0.6) is 0 Å². The maximum atomic E-state index is 12.1. The van der Waals surface area contributed by atoms with Gasteiger partial charge in [-0.05, 0) is 31.5 Å². The summed E-state index contributed by atoms with van der Waals surface area (Å²) in [6.07, 6.45) is 0. The Bertz CT molecular complexity index is 566. The Hall–Kier alpha value is -2.37. The highest BCUT2D eigenvalue weighted by Crippen LogP contribution is 2.13. The molecule has 2 amide bonds. The van der Waals surface area contributed by atoms with E-state index in [0.717, 1.165) is 5.56 Å². The van der Waals surface area contributed by atoms with Crippen molar-refractivity contribution >= 4 is 17.8 Å². The molecule has 0 atom stereocenters. The third-order valence-corrected chi connectivity index (χ3v) is 3.54. The van der Waals surface area contributed by atoms with Gasteiger partial charge in [0.1, 0.15) is 0 Å². The van der Waals surface area contributed by atoms with Gasteiger partial charge in [0.15, 0.2) is 0 Å². The zero-order valence-electron chi connectivity index (χ0n) is 12.1. The largest absolute Gasteiger partial charge is 0.478 e. The van der Waals surface area contributed by atoms with Gasteiger partial charge in [0, 0.05) is 25.7 Å². The second kappa shape index (κ2) is 5.95. The van der Waals surface area contributed by atoms with Crippen molar-refractivity contribution in [2.75, 3.05) is 13.1 Å². The number of hydrogen-bond donors (Lipinski definition) is 1. The highest BCUT2D eigenvalue weighted by Gasteiger charge is 2.33. The Balaban J connectivity index is 2.05. The Labute approximate surface area is 123 Å². The van der Waals surface area contributed by atoms with Crippen LogP contribution in [0, 0.1) is 0 Å². The molecule has 0 radical (unpaired) electrons. The predicted molar refractivity (Wildman–Crippen MR) is 75.7 cm³/mol. The van der Waals surface area contributed by atoms with Crippen molar-refractivity contribution in [3.8, 4) is 0 Å². The summed E-state index contributed by atoms with van der Waals surface area (Å²) in [7, 11) is 0. The van der Waals surface area contributed by atoms with E-state index in [9.17, 15) is 14.4 Å². The molecular weight excluding hydrogens is 272 g/mol. The molecule has 2 rings (SSSR count). The lowest BCUT2D eigenvalue weighted by Gasteiger charge is -2.36. The van der Waals surface area contributed by atoms with Crippen LogP contribution in [0.15, 0.2) is 24.3 Å². The standard InChI is InChI=1S/C15H18N2O4/c1-10(2)17-8-7-16(13(18)14(17)19)9-11-3-5-12(6-4-11)15(20)21/h3-6,10H,7-9H2,1-2H3,(H,20,21). The van der Waals surface area contributed by atoms with Crippen molar-refractivity contribution in [1.29, 1.82) is 0 Å². The molecule has 0 unspecified atom stereocenters. The van der Waals surface area contributed by atoms with E-state index in [2.05, 4.69) is 0 Å². The number of nitrogens with zero attached hydrogens (tertiary/aromatic N) is 2. The third-order valence-electron chi connectivity index (χ3n) is 3.54. The minimum atomic E-state index is -0.988. The quantitative estimate of drug-likeness (QED) is 0.838. The fourth-order valence-corrected chi connectivity index (χ4v) is 2.31. The second-order valence-corrected chi connectivity index (χ2v) is 5.32. The first-order chi connectivity index (χ1) is 9.90. The number of aromatic carboxylic acids is 1. The molecule has 6 nitrogen and oxygen atoms in total. The summed E-state index contributed by atoms with van der Waals surface area (Å²) in [5.41, 5.74) is 1.00. The third kappa shape index (κ3) is 3.21. The van der Waals surface area contributed by atoms with Gasteiger partial charge in [-0.1, -0.05) is 12.1 Å². The molecule has 1 saturated heterocycles. The minimum absolute atomic E-state index is 0.0125. The summed E-state index contributed by atoms with van der Waals surface area (Å²) in [6, 6.07) is 6.33. The van der Waals surface area contributed by atoms with E-state index in [1.165, 1.54) is 17.0 Å². The van der Waals surface area contributed by atoms with E-state index in [1.54, 1.807) is 17.0 Å². The lowest BCUT2D eigenvalue weighted by molar-refractivity contribution is -0.157. The molecule has 1 aromatic carbocycles. The van der Waals surface area contributed by atoms with Crippen molar-refractivity contribution in [3.63, 3.8) is 0 Å². The number of piperazine rings is 1. The molecule has 0 bridgehead atoms. The molecule has 112 valence electrons. The predicted octanol–water partition coefficient (Wildman–Crippen LogP) is 0.964. The summed E-state index contributed by atoms with van der Waals surface area (Å²) in [5.74, 6) is -1.96. The number of amides is 2. The van der Waals surface area contributed by atoms with Crippen LogP contribution in [-0.4, -0.2) is 51.8 Å².